The minimum absolute atomic E-state index is 0.116. The van der Waals surface area contributed by atoms with E-state index >= 15 is 0 Å². The van der Waals surface area contributed by atoms with E-state index in [9.17, 15) is 18.0 Å². The van der Waals surface area contributed by atoms with E-state index in [0.717, 1.165) is 43.6 Å². The maximum Gasteiger partial charge on any atom is 0.416 e. The number of imidazole rings is 1. The summed E-state index contributed by atoms with van der Waals surface area (Å²) in [5.41, 5.74) is 1.49. The minimum Gasteiger partial charge on any atom is -0.457 e. The summed E-state index contributed by atoms with van der Waals surface area (Å²) >= 11 is 0. The first-order chi connectivity index (χ1) is 19.1. The van der Waals surface area contributed by atoms with Crippen LogP contribution in [0.4, 0.5) is 24.8 Å². The van der Waals surface area contributed by atoms with E-state index in [1.807, 2.05) is 13.1 Å². The van der Waals surface area contributed by atoms with Gasteiger partial charge in [-0.25, -0.2) is 4.98 Å². The summed E-state index contributed by atoms with van der Waals surface area (Å²) in [6.07, 6.45) is -1.05. The lowest BCUT2D eigenvalue weighted by molar-refractivity contribution is -0.137. The molecule has 8 nitrogen and oxygen atoms in total. The highest BCUT2D eigenvalue weighted by atomic mass is 19.4. The zero-order valence-corrected chi connectivity index (χ0v) is 22.5. The highest BCUT2D eigenvalue weighted by molar-refractivity contribution is 5.92. The summed E-state index contributed by atoms with van der Waals surface area (Å²) in [6.45, 7) is 6.27. The van der Waals surface area contributed by atoms with Crippen LogP contribution in [0.3, 0.4) is 0 Å². The molecule has 11 heteroatoms. The van der Waals surface area contributed by atoms with Crippen molar-refractivity contribution in [3.05, 3.63) is 72.1 Å². The van der Waals surface area contributed by atoms with Crippen LogP contribution < -0.4 is 15.4 Å². The number of piperidine rings is 1. The number of alkyl halides is 3. The van der Waals surface area contributed by atoms with Gasteiger partial charge in [-0.2, -0.15) is 13.2 Å². The van der Waals surface area contributed by atoms with Crippen LogP contribution in [0.2, 0.25) is 0 Å². The number of fused-ring (bicyclic) bond motifs is 1. The van der Waals surface area contributed by atoms with Crippen LogP contribution in [0.15, 0.2) is 60.8 Å². The lowest BCUT2D eigenvalue weighted by Crippen LogP contribution is -2.46. The number of anilines is 2. The van der Waals surface area contributed by atoms with Crippen molar-refractivity contribution in [3.63, 3.8) is 0 Å². The lowest BCUT2D eigenvalue weighted by Gasteiger charge is -2.34. The average molecular weight is 553 g/mol. The van der Waals surface area contributed by atoms with Gasteiger partial charge >= 0.3 is 6.18 Å². The number of carbonyl (C=O) groups excluding carboxylic acids is 1. The number of rotatable bonds is 7. The molecule has 0 spiro atoms. The van der Waals surface area contributed by atoms with Crippen LogP contribution in [0, 0.1) is 0 Å². The number of likely N-dealkylation sites (tertiary alicyclic amines) is 1. The zero-order chi connectivity index (χ0) is 28.4. The summed E-state index contributed by atoms with van der Waals surface area (Å²) < 4.78 is 46.4. The number of aryl methyl sites for hydroxylation is 1. The van der Waals surface area contributed by atoms with Gasteiger partial charge in [-0.05, 0) is 69.2 Å². The molecule has 1 aliphatic rings. The molecule has 210 valence electrons. The molecule has 4 aromatic rings. The molecule has 5 rings (SSSR count). The molecule has 2 aromatic heterocycles. The monoisotopic (exact) mass is 552 g/mol. The summed E-state index contributed by atoms with van der Waals surface area (Å²) in [5, 5.41) is 6.15. The van der Waals surface area contributed by atoms with Crippen LogP contribution in [-0.2, 0) is 13.2 Å². The topological polar surface area (TPSA) is 84.3 Å². The predicted molar refractivity (Wildman–Crippen MR) is 147 cm³/mol. The Morgan fingerprint density at radius 1 is 1.02 bits per heavy atom. The van der Waals surface area contributed by atoms with Crippen LogP contribution in [-0.4, -0.2) is 50.5 Å². The molecule has 0 atom stereocenters. The van der Waals surface area contributed by atoms with Gasteiger partial charge in [0.2, 0.25) is 5.95 Å². The third-order valence-electron chi connectivity index (χ3n) is 7.12. The highest BCUT2D eigenvalue weighted by Crippen LogP contribution is 2.31. The summed E-state index contributed by atoms with van der Waals surface area (Å²) in [7, 11) is 1.81. The van der Waals surface area contributed by atoms with E-state index in [4.69, 9.17) is 4.74 Å². The first kappa shape index (κ1) is 27.4. The van der Waals surface area contributed by atoms with Gasteiger partial charge in [0, 0.05) is 56.2 Å². The van der Waals surface area contributed by atoms with Crippen LogP contribution in [0.1, 0.15) is 42.7 Å². The minimum atomic E-state index is -4.39. The zero-order valence-electron chi connectivity index (χ0n) is 22.5. The fourth-order valence-electron chi connectivity index (χ4n) is 4.78. The molecule has 2 aromatic carbocycles. The number of hydrogen-bond acceptors (Lipinski definition) is 6. The lowest BCUT2D eigenvalue weighted by atomic mass is 10.0. The Kier molecular flexibility index (Phi) is 7.66. The van der Waals surface area contributed by atoms with Gasteiger partial charge in [0.25, 0.3) is 5.91 Å². The molecule has 1 saturated heterocycles. The van der Waals surface area contributed by atoms with Crippen molar-refractivity contribution in [2.45, 2.75) is 44.9 Å². The van der Waals surface area contributed by atoms with Crippen molar-refractivity contribution in [2.24, 2.45) is 7.05 Å². The summed E-state index contributed by atoms with van der Waals surface area (Å²) in [5.74, 6) is 1.22. The molecule has 40 heavy (non-hydrogen) atoms. The van der Waals surface area contributed by atoms with Crippen molar-refractivity contribution in [3.8, 4) is 11.5 Å². The third kappa shape index (κ3) is 6.20. The Morgan fingerprint density at radius 3 is 2.40 bits per heavy atom. The van der Waals surface area contributed by atoms with Gasteiger partial charge in [0.15, 0.2) is 0 Å². The molecule has 1 aliphatic heterocycles. The molecule has 0 aliphatic carbocycles. The van der Waals surface area contributed by atoms with E-state index in [1.54, 1.807) is 28.8 Å². The molecule has 0 saturated carbocycles. The number of ether oxygens (including phenoxy) is 1. The molecule has 0 radical (unpaired) electrons. The van der Waals surface area contributed by atoms with E-state index in [-0.39, 0.29) is 17.6 Å². The number of hydrogen-bond donors (Lipinski definition) is 2. The fourth-order valence-corrected chi connectivity index (χ4v) is 4.78. The molecule has 3 heterocycles. The third-order valence-corrected chi connectivity index (χ3v) is 7.12. The average Bonchev–Trinajstić information content (AvgIpc) is 3.23. The van der Waals surface area contributed by atoms with Gasteiger partial charge in [0.1, 0.15) is 17.2 Å². The van der Waals surface area contributed by atoms with Gasteiger partial charge in [0.05, 0.1) is 16.6 Å². The van der Waals surface area contributed by atoms with Gasteiger partial charge in [-0.3, -0.25) is 9.78 Å². The van der Waals surface area contributed by atoms with E-state index < -0.39 is 11.7 Å². The van der Waals surface area contributed by atoms with Crippen molar-refractivity contribution in [2.75, 3.05) is 18.4 Å². The summed E-state index contributed by atoms with van der Waals surface area (Å²) in [6, 6.07) is 14.1. The second kappa shape index (κ2) is 11.2. The van der Waals surface area contributed by atoms with Gasteiger partial charge in [-0.1, -0.05) is 0 Å². The number of pyridine rings is 1. The van der Waals surface area contributed by atoms with Crippen molar-refractivity contribution >= 4 is 28.6 Å². The number of amides is 1. The predicted octanol–water partition coefficient (Wildman–Crippen LogP) is 6.13. The van der Waals surface area contributed by atoms with Gasteiger partial charge < -0.3 is 24.8 Å². The van der Waals surface area contributed by atoms with E-state index in [1.165, 1.54) is 18.3 Å². The second-order valence-corrected chi connectivity index (χ2v) is 10.2. The standard InChI is InChI=1S/C29H31F3N6O2/c1-18(2)38-14-11-21(12-15-38)34-27(39)25-17-23(10-13-33-25)40-22-8-9-26-24(16-22)36-28(37(26)3)35-20-6-4-19(5-7-20)29(30,31)32/h4-10,13,16-18,21H,11-12,14-15H2,1-3H3,(H,34,39)(H,35,36). The number of nitrogens with one attached hydrogen (secondary N) is 2. The Hall–Kier alpha value is -4.12. The van der Waals surface area contributed by atoms with Crippen LogP contribution >= 0.6 is 0 Å². The number of aromatic nitrogens is 3. The first-order valence-electron chi connectivity index (χ1n) is 13.2. The molecule has 1 amide bonds. The van der Waals surface area contributed by atoms with Crippen molar-refractivity contribution in [1.82, 2.24) is 24.8 Å². The van der Waals surface area contributed by atoms with Crippen molar-refractivity contribution < 1.29 is 22.7 Å². The number of halogens is 3. The Morgan fingerprint density at radius 2 is 1.73 bits per heavy atom. The fraction of sp³-hybridized carbons (Fsp3) is 0.345. The maximum atomic E-state index is 12.9. The molecular weight excluding hydrogens is 521 g/mol. The quantitative estimate of drug-likeness (QED) is 0.287. The molecule has 2 N–H and O–H groups in total. The molecule has 0 unspecified atom stereocenters. The maximum absolute atomic E-state index is 12.9. The smallest absolute Gasteiger partial charge is 0.416 e. The summed E-state index contributed by atoms with van der Waals surface area (Å²) in [4.78, 5) is 24.1. The van der Waals surface area contributed by atoms with Crippen molar-refractivity contribution in [1.29, 1.82) is 0 Å². The second-order valence-electron chi connectivity index (χ2n) is 10.2. The number of nitrogens with zero attached hydrogens (tertiary/aromatic N) is 4. The van der Waals surface area contributed by atoms with Crippen LogP contribution in [0.25, 0.3) is 11.0 Å². The largest absolute Gasteiger partial charge is 0.457 e. The normalized spacial score (nSPS) is 15.0. The van der Waals surface area contributed by atoms with E-state index in [2.05, 4.69) is 39.3 Å². The molecule has 0 bridgehead atoms. The number of carbonyl (C=O) groups is 1. The SMILES string of the molecule is CC(C)N1CCC(NC(=O)c2cc(Oc3ccc4c(c3)nc(Nc3ccc(C(F)(F)F)cc3)n4C)ccn2)CC1. The Labute approximate surface area is 230 Å². The van der Waals surface area contributed by atoms with Crippen LogP contribution in [0.5, 0.6) is 11.5 Å². The van der Waals surface area contributed by atoms with Gasteiger partial charge in [-0.15, -0.1) is 0 Å². The molecular formula is C29H31F3N6O2. The first-order valence-corrected chi connectivity index (χ1v) is 13.2. The number of benzene rings is 2. The highest BCUT2D eigenvalue weighted by Gasteiger charge is 2.30. The Balaban J connectivity index is 1.25. The molecule has 1 fully saturated rings. The Bertz CT molecular complexity index is 1490. The van der Waals surface area contributed by atoms with E-state index in [0.29, 0.717) is 34.7 Å².